The van der Waals surface area contributed by atoms with Gasteiger partial charge in [0.1, 0.15) is 6.54 Å². The molecular formula is C13H12ClF3N4O. The Morgan fingerprint density at radius 1 is 1.32 bits per heavy atom. The van der Waals surface area contributed by atoms with Crippen LogP contribution < -0.4 is 5.32 Å². The average molecular weight is 333 g/mol. The smallest absolute Gasteiger partial charge is 0.347 e. The predicted octanol–water partition coefficient (Wildman–Crippen LogP) is 2.74. The average Bonchev–Trinajstić information content (AvgIpc) is 2.90. The monoisotopic (exact) mass is 332 g/mol. The summed E-state index contributed by atoms with van der Waals surface area (Å²) in [6.45, 7) is -0.206. The van der Waals surface area contributed by atoms with Crippen molar-refractivity contribution >= 4 is 17.5 Å². The van der Waals surface area contributed by atoms with Crippen LogP contribution in [-0.4, -0.2) is 27.1 Å². The molecule has 22 heavy (non-hydrogen) atoms. The Hall–Kier alpha value is -2.09. The molecule has 2 aromatic rings. The predicted molar refractivity (Wildman–Crippen MR) is 73.0 cm³/mol. The van der Waals surface area contributed by atoms with Gasteiger partial charge in [-0.05, 0) is 17.7 Å². The topological polar surface area (TPSA) is 59.8 Å². The molecule has 9 heteroatoms. The minimum Gasteiger partial charge on any atom is -0.347 e. The number of nitrogens with zero attached hydrogens (tertiary/aromatic N) is 3. The molecule has 0 aliphatic heterocycles. The molecule has 1 N–H and O–H groups in total. The number of aromatic nitrogens is 3. The molecule has 1 amide bonds. The molecule has 1 unspecified atom stereocenters. The van der Waals surface area contributed by atoms with E-state index in [0.717, 1.165) is 0 Å². The first-order valence-corrected chi connectivity index (χ1v) is 6.67. The van der Waals surface area contributed by atoms with Crippen molar-refractivity contribution in [2.75, 3.05) is 0 Å². The fourth-order valence-electron chi connectivity index (χ4n) is 1.88. The molecular weight excluding hydrogens is 321 g/mol. The zero-order valence-electron chi connectivity index (χ0n) is 11.2. The number of nitrogens with one attached hydrogen (secondary N) is 1. The second-order valence-corrected chi connectivity index (χ2v) is 5.03. The first-order chi connectivity index (χ1) is 10.3. The van der Waals surface area contributed by atoms with Gasteiger partial charge in [-0.25, -0.2) is 4.68 Å². The minimum absolute atomic E-state index is 0.206. The molecule has 0 radical (unpaired) electrons. The Kier molecular flexibility index (Phi) is 5.02. The molecule has 5 nitrogen and oxygen atoms in total. The van der Waals surface area contributed by atoms with Crippen molar-refractivity contribution < 1.29 is 18.0 Å². The maximum absolute atomic E-state index is 12.7. The number of rotatable bonds is 5. The maximum atomic E-state index is 12.7. The molecule has 0 fully saturated rings. The van der Waals surface area contributed by atoms with Gasteiger partial charge in [0.25, 0.3) is 0 Å². The Morgan fingerprint density at radius 3 is 2.55 bits per heavy atom. The highest BCUT2D eigenvalue weighted by molar-refractivity contribution is 6.30. The lowest BCUT2D eigenvalue weighted by atomic mass is 10.0. The Labute approximate surface area is 129 Å². The van der Waals surface area contributed by atoms with E-state index in [1.807, 2.05) is 0 Å². The molecule has 1 aromatic heterocycles. The van der Waals surface area contributed by atoms with Gasteiger partial charge in [0.05, 0.1) is 18.7 Å². The highest BCUT2D eigenvalue weighted by Gasteiger charge is 2.33. The van der Waals surface area contributed by atoms with Crippen LogP contribution in [0.2, 0.25) is 5.02 Å². The zero-order valence-corrected chi connectivity index (χ0v) is 12.0. The number of hydrogen-bond donors (Lipinski definition) is 1. The Balaban J connectivity index is 2.10. The van der Waals surface area contributed by atoms with E-state index in [0.29, 0.717) is 10.6 Å². The molecule has 0 spiro atoms. The van der Waals surface area contributed by atoms with Crippen LogP contribution in [0.1, 0.15) is 18.0 Å². The second-order valence-electron chi connectivity index (χ2n) is 4.59. The van der Waals surface area contributed by atoms with Gasteiger partial charge >= 0.3 is 6.18 Å². The molecule has 2 rings (SSSR count). The highest BCUT2D eigenvalue weighted by Crippen LogP contribution is 2.30. The van der Waals surface area contributed by atoms with Gasteiger partial charge in [0.2, 0.25) is 5.91 Å². The van der Waals surface area contributed by atoms with Crippen molar-refractivity contribution in [3.05, 3.63) is 47.2 Å². The van der Waals surface area contributed by atoms with Crippen molar-refractivity contribution in [1.29, 1.82) is 0 Å². The summed E-state index contributed by atoms with van der Waals surface area (Å²) in [6.07, 6.45) is -2.76. The first-order valence-electron chi connectivity index (χ1n) is 6.29. The van der Waals surface area contributed by atoms with E-state index in [2.05, 4.69) is 15.6 Å². The quantitative estimate of drug-likeness (QED) is 0.916. The van der Waals surface area contributed by atoms with Crippen LogP contribution in [0, 0.1) is 0 Å². The number of amides is 1. The number of carbonyl (C=O) groups is 1. The molecule has 0 saturated heterocycles. The first kappa shape index (κ1) is 16.3. The number of carbonyl (C=O) groups excluding carboxylic acids is 1. The van der Waals surface area contributed by atoms with Crippen LogP contribution in [0.3, 0.4) is 0 Å². The summed E-state index contributed by atoms with van der Waals surface area (Å²) >= 11 is 5.72. The van der Waals surface area contributed by atoms with Gasteiger partial charge < -0.3 is 5.32 Å². The molecule has 1 atom stereocenters. The molecule has 1 heterocycles. The van der Waals surface area contributed by atoms with Crippen molar-refractivity contribution in [3.8, 4) is 0 Å². The molecule has 0 saturated carbocycles. The third kappa shape index (κ3) is 5.03. The van der Waals surface area contributed by atoms with Gasteiger partial charge in [0.15, 0.2) is 0 Å². The van der Waals surface area contributed by atoms with Crippen molar-refractivity contribution in [1.82, 2.24) is 20.3 Å². The molecule has 1 aromatic carbocycles. The standard InChI is InChI=1S/C13H12ClF3N4O/c14-10-3-1-9(2-4-10)11(7-13(15,16)17)19-12(22)8-21-6-5-18-20-21/h1-6,11H,7-8H2,(H,19,22). The third-order valence-corrected chi connectivity index (χ3v) is 3.07. The van der Waals surface area contributed by atoms with Crippen LogP contribution >= 0.6 is 11.6 Å². The van der Waals surface area contributed by atoms with E-state index >= 15 is 0 Å². The Morgan fingerprint density at radius 2 is 2.00 bits per heavy atom. The summed E-state index contributed by atoms with van der Waals surface area (Å²) in [5.74, 6) is -0.588. The van der Waals surface area contributed by atoms with E-state index in [1.54, 1.807) is 0 Å². The molecule has 118 valence electrons. The molecule has 0 aliphatic rings. The minimum atomic E-state index is -4.41. The van der Waals surface area contributed by atoms with Crippen LogP contribution in [0.25, 0.3) is 0 Å². The van der Waals surface area contributed by atoms with E-state index in [9.17, 15) is 18.0 Å². The summed E-state index contributed by atoms with van der Waals surface area (Å²) < 4.78 is 39.3. The summed E-state index contributed by atoms with van der Waals surface area (Å²) in [7, 11) is 0. The van der Waals surface area contributed by atoms with E-state index in [1.165, 1.54) is 41.3 Å². The van der Waals surface area contributed by atoms with Gasteiger partial charge in [-0.1, -0.05) is 28.9 Å². The fourth-order valence-corrected chi connectivity index (χ4v) is 2.01. The van der Waals surface area contributed by atoms with E-state index < -0.39 is 24.5 Å². The largest absolute Gasteiger partial charge is 0.391 e. The van der Waals surface area contributed by atoms with Crippen molar-refractivity contribution in [3.63, 3.8) is 0 Å². The lowest BCUT2D eigenvalue weighted by Gasteiger charge is -2.20. The van der Waals surface area contributed by atoms with Crippen LogP contribution in [0.5, 0.6) is 0 Å². The normalized spacial score (nSPS) is 12.9. The number of halogens is 4. The Bertz CT molecular complexity index is 613. The number of benzene rings is 1. The third-order valence-electron chi connectivity index (χ3n) is 2.82. The number of alkyl halides is 3. The zero-order chi connectivity index (χ0) is 16.2. The summed E-state index contributed by atoms with van der Waals surface area (Å²) in [5, 5.41) is 9.87. The van der Waals surface area contributed by atoms with Crippen LogP contribution in [0.15, 0.2) is 36.7 Å². The summed E-state index contributed by atoms with van der Waals surface area (Å²) in [6, 6.07) is 4.67. The molecule has 0 aliphatic carbocycles. The van der Waals surface area contributed by atoms with Gasteiger partial charge in [0, 0.05) is 11.2 Å². The van der Waals surface area contributed by atoms with Crippen molar-refractivity contribution in [2.24, 2.45) is 0 Å². The second kappa shape index (κ2) is 6.78. The van der Waals surface area contributed by atoms with Gasteiger partial charge in [-0.3, -0.25) is 4.79 Å². The maximum Gasteiger partial charge on any atom is 0.391 e. The van der Waals surface area contributed by atoms with Gasteiger partial charge in [-0.15, -0.1) is 5.10 Å². The van der Waals surface area contributed by atoms with Gasteiger partial charge in [-0.2, -0.15) is 13.2 Å². The number of hydrogen-bond acceptors (Lipinski definition) is 3. The lowest BCUT2D eigenvalue weighted by molar-refractivity contribution is -0.143. The van der Waals surface area contributed by atoms with Crippen LogP contribution in [0.4, 0.5) is 13.2 Å². The van der Waals surface area contributed by atoms with E-state index in [4.69, 9.17) is 11.6 Å². The molecule has 0 bridgehead atoms. The highest BCUT2D eigenvalue weighted by atomic mass is 35.5. The van der Waals surface area contributed by atoms with E-state index in [-0.39, 0.29) is 6.54 Å². The van der Waals surface area contributed by atoms with Crippen LogP contribution in [-0.2, 0) is 11.3 Å². The fraction of sp³-hybridized carbons (Fsp3) is 0.308. The lowest BCUT2D eigenvalue weighted by Crippen LogP contribution is -2.34. The van der Waals surface area contributed by atoms with Crippen molar-refractivity contribution in [2.45, 2.75) is 25.2 Å². The summed E-state index contributed by atoms with van der Waals surface area (Å²) in [4.78, 5) is 11.9. The SMILES string of the molecule is O=C(Cn1ccnn1)NC(CC(F)(F)F)c1ccc(Cl)cc1. The summed E-state index contributed by atoms with van der Waals surface area (Å²) in [5.41, 5.74) is 0.327.